The Balaban J connectivity index is 1.62. The second-order valence-corrected chi connectivity index (χ2v) is 9.80. The molecule has 1 amide bonds. The maximum atomic E-state index is 12.3. The molecule has 0 unspecified atom stereocenters. The van der Waals surface area contributed by atoms with E-state index in [9.17, 15) is 18.3 Å². The van der Waals surface area contributed by atoms with E-state index in [1.54, 1.807) is 6.20 Å². The van der Waals surface area contributed by atoms with Crippen molar-refractivity contribution in [3.05, 3.63) is 60.1 Å². The molecule has 0 saturated heterocycles. The topological polar surface area (TPSA) is 110 Å². The Morgan fingerprint density at radius 1 is 1.16 bits per heavy atom. The molecule has 7 nitrogen and oxygen atoms in total. The average molecular weight is 443 g/mol. The van der Waals surface area contributed by atoms with Crippen molar-refractivity contribution >= 4 is 21.4 Å². The summed E-state index contributed by atoms with van der Waals surface area (Å²) in [4.78, 5) is 16.6. The summed E-state index contributed by atoms with van der Waals surface area (Å²) in [5.41, 5.74) is 2.20. The number of phenolic OH excluding ortho intramolecular Hbond substituents is 1. The molecule has 0 aliphatic carbocycles. The van der Waals surface area contributed by atoms with Crippen LogP contribution in [0.4, 0.5) is 5.69 Å². The smallest absolute Gasteiger partial charge is 0.224 e. The lowest BCUT2D eigenvalue weighted by Crippen LogP contribution is -2.13. The summed E-state index contributed by atoms with van der Waals surface area (Å²) in [6, 6.07) is 11.9. The summed E-state index contributed by atoms with van der Waals surface area (Å²) in [7, 11) is -3.45. The largest absolute Gasteiger partial charge is 0.506 e. The van der Waals surface area contributed by atoms with Crippen LogP contribution < -0.4 is 5.32 Å². The van der Waals surface area contributed by atoms with Gasteiger partial charge in [-0.2, -0.15) is 0 Å². The monoisotopic (exact) mass is 442 g/mol. The van der Waals surface area contributed by atoms with Gasteiger partial charge in [-0.15, -0.1) is 0 Å². The minimum atomic E-state index is -3.45. The third-order valence-corrected chi connectivity index (χ3v) is 6.69. The zero-order valence-corrected chi connectivity index (χ0v) is 18.6. The van der Waals surface area contributed by atoms with Crippen LogP contribution in [0, 0.1) is 0 Å². The molecule has 0 saturated carbocycles. The van der Waals surface area contributed by atoms with Crippen molar-refractivity contribution in [2.75, 3.05) is 11.1 Å². The minimum Gasteiger partial charge on any atom is -0.506 e. The molecule has 1 aromatic heterocycles. The molecule has 31 heavy (non-hydrogen) atoms. The van der Waals surface area contributed by atoms with E-state index in [2.05, 4.69) is 36.3 Å². The lowest BCUT2D eigenvalue weighted by atomic mass is 10.0. The number of hydrogen-bond acceptors (Lipinski definition) is 6. The van der Waals surface area contributed by atoms with Gasteiger partial charge in [0.25, 0.3) is 0 Å². The number of carbonyl (C=O) groups excluding carboxylic acids is 1. The Morgan fingerprint density at radius 3 is 2.52 bits per heavy atom. The first kappa shape index (κ1) is 22.6. The highest BCUT2D eigenvalue weighted by Gasteiger charge is 2.16. The van der Waals surface area contributed by atoms with Crippen LogP contribution >= 0.6 is 0 Å². The van der Waals surface area contributed by atoms with E-state index in [1.165, 1.54) is 30.7 Å². The minimum absolute atomic E-state index is 0.0453. The van der Waals surface area contributed by atoms with Gasteiger partial charge in [0.05, 0.1) is 22.5 Å². The van der Waals surface area contributed by atoms with E-state index in [-0.39, 0.29) is 40.8 Å². The number of nitrogens with zero attached hydrogens (tertiary/aromatic N) is 1. The Hall–Kier alpha value is -3.13. The quantitative estimate of drug-likeness (QED) is 0.496. The molecule has 164 valence electrons. The van der Waals surface area contributed by atoms with Gasteiger partial charge in [0, 0.05) is 18.4 Å². The number of aromatic hydroxyl groups is 1. The van der Waals surface area contributed by atoms with Crippen LogP contribution in [0.15, 0.2) is 58.0 Å². The molecule has 1 heterocycles. The maximum Gasteiger partial charge on any atom is 0.224 e. The van der Waals surface area contributed by atoms with Gasteiger partial charge in [-0.25, -0.2) is 13.4 Å². The third-order valence-electron chi connectivity index (χ3n) is 4.96. The molecular weight excluding hydrogens is 416 g/mol. The predicted molar refractivity (Wildman–Crippen MR) is 119 cm³/mol. The molecule has 0 fully saturated rings. The summed E-state index contributed by atoms with van der Waals surface area (Å²) in [6.45, 7) is 5.79. The molecule has 0 atom stereocenters. The third kappa shape index (κ3) is 5.52. The maximum absolute atomic E-state index is 12.3. The fourth-order valence-corrected chi connectivity index (χ4v) is 3.91. The number of phenols is 1. The number of carbonyl (C=O) groups is 1. The predicted octanol–water partition coefficient (Wildman–Crippen LogP) is 4.54. The van der Waals surface area contributed by atoms with E-state index in [0.717, 1.165) is 5.56 Å². The summed E-state index contributed by atoms with van der Waals surface area (Å²) in [5.74, 6) is 0.831. The Kier molecular flexibility index (Phi) is 6.80. The number of rotatable bonds is 8. The normalized spacial score (nSPS) is 11.6. The van der Waals surface area contributed by atoms with Crippen LogP contribution in [0.2, 0.25) is 0 Å². The Bertz CT molecular complexity index is 1160. The van der Waals surface area contributed by atoms with Crippen molar-refractivity contribution in [3.63, 3.8) is 0 Å². The molecule has 8 heteroatoms. The first-order valence-electron chi connectivity index (χ1n) is 10.1. The number of aromatic nitrogens is 1. The second-order valence-electron chi connectivity index (χ2n) is 7.53. The summed E-state index contributed by atoms with van der Waals surface area (Å²) >= 11 is 0. The number of sulfone groups is 1. The molecule has 0 radical (unpaired) electrons. The highest BCUT2D eigenvalue weighted by atomic mass is 32.2. The SMILES string of the molecule is CCS(=O)(=O)c1ccc(O)c(NC(=O)CCc2ncc(-c3ccc(C(C)C)cc3)o2)c1. The van der Waals surface area contributed by atoms with Crippen LogP contribution in [0.1, 0.15) is 44.6 Å². The van der Waals surface area contributed by atoms with E-state index in [0.29, 0.717) is 17.6 Å². The lowest BCUT2D eigenvalue weighted by molar-refractivity contribution is -0.116. The first-order valence-corrected chi connectivity index (χ1v) is 11.8. The van der Waals surface area contributed by atoms with Crippen molar-refractivity contribution in [1.82, 2.24) is 4.98 Å². The highest BCUT2D eigenvalue weighted by Crippen LogP contribution is 2.27. The van der Waals surface area contributed by atoms with Gasteiger partial charge >= 0.3 is 0 Å². The first-order chi connectivity index (χ1) is 14.7. The number of oxazole rings is 1. The van der Waals surface area contributed by atoms with Gasteiger partial charge in [0.2, 0.25) is 5.91 Å². The lowest BCUT2D eigenvalue weighted by Gasteiger charge is -2.09. The molecule has 3 aromatic rings. The fraction of sp³-hybridized carbons (Fsp3) is 0.304. The Labute approximate surface area is 182 Å². The number of aryl methyl sites for hydroxylation is 1. The van der Waals surface area contributed by atoms with Gasteiger partial charge in [-0.3, -0.25) is 4.79 Å². The van der Waals surface area contributed by atoms with E-state index < -0.39 is 9.84 Å². The van der Waals surface area contributed by atoms with Crippen LogP contribution in [-0.2, 0) is 21.1 Å². The van der Waals surface area contributed by atoms with Crippen molar-refractivity contribution in [2.24, 2.45) is 0 Å². The molecule has 0 bridgehead atoms. The van der Waals surface area contributed by atoms with E-state index in [4.69, 9.17) is 4.42 Å². The number of benzene rings is 2. The van der Waals surface area contributed by atoms with Crippen molar-refractivity contribution < 1.29 is 22.7 Å². The van der Waals surface area contributed by atoms with Gasteiger partial charge in [-0.05, 0) is 29.7 Å². The zero-order chi connectivity index (χ0) is 22.6. The number of nitrogens with one attached hydrogen (secondary N) is 1. The highest BCUT2D eigenvalue weighted by molar-refractivity contribution is 7.91. The molecule has 2 N–H and O–H groups in total. The summed E-state index contributed by atoms with van der Waals surface area (Å²) < 4.78 is 29.8. The van der Waals surface area contributed by atoms with Gasteiger partial charge < -0.3 is 14.8 Å². The van der Waals surface area contributed by atoms with Crippen LogP contribution in [0.5, 0.6) is 5.75 Å². The second kappa shape index (κ2) is 9.34. The molecule has 2 aromatic carbocycles. The molecule has 0 aliphatic rings. The number of anilines is 1. The zero-order valence-electron chi connectivity index (χ0n) is 17.8. The standard InChI is InChI=1S/C23H26N2O5S/c1-4-31(28,29)18-9-10-20(26)19(13-18)25-22(27)11-12-23-24-14-21(30-23)17-7-5-16(6-8-17)15(2)3/h5-10,13-15,26H,4,11-12H2,1-3H3,(H,25,27). The van der Waals surface area contributed by atoms with Crippen LogP contribution in [0.25, 0.3) is 11.3 Å². The molecule has 0 spiro atoms. The Morgan fingerprint density at radius 2 is 1.87 bits per heavy atom. The molecule has 0 aliphatic heterocycles. The molecule has 3 rings (SSSR count). The average Bonchev–Trinajstić information content (AvgIpc) is 3.23. The summed E-state index contributed by atoms with van der Waals surface area (Å²) in [6.07, 6.45) is 1.96. The van der Waals surface area contributed by atoms with Crippen LogP contribution in [-0.4, -0.2) is 30.2 Å². The number of hydrogen-bond donors (Lipinski definition) is 2. The summed E-state index contributed by atoms with van der Waals surface area (Å²) in [5, 5.41) is 12.5. The van der Waals surface area contributed by atoms with E-state index in [1.807, 2.05) is 12.1 Å². The van der Waals surface area contributed by atoms with Gasteiger partial charge in [0.15, 0.2) is 21.5 Å². The van der Waals surface area contributed by atoms with E-state index >= 15 is 0 Å². The van der Waals surface area contributed by atoms with Gasteiger partial charge in [-0.1, -0.05) is 45.0 Å². The van der Waals surface area contributed by atoms with Crippen molar-refractivity contribution in [3.8, 4) is 17.1 Å². The molecular formula is C23H26N2O5S. The fourth-order valence-electron chi connectivity index (χ4n) is 3.00. The van der Waals surface area contributed by atoms with Crippen LogP contribution in [0.3, 0.4) is 0 Å². The van der Waals surface area contributed by atoms with Gasteiger partial charge in [0.1, 0.15) is 5.75 Å². The van der Waals surface area contributed by atoms with Crippen molar-refractivity contribution in [1.29, 1.82) is 0 Å². The number of amides is 1. The van der Waals surface area contributed by atoms with Crippen molar-refractivity contribution in [2.45, 2.75) is 44.4 Å².